The number of carbonyl (C=O) groups is 1. The van der Waals surface area contributed by atoms with E-state index < -0.39 is 0 Å². The monoisotopic (exact) mass is 270 g/mol. The second kappa shape index (κ2) is 6.19. The Morgan fingerprint density at radius 3 is 2.95 bits per heavy atom. The minimum absolute atomic E-state index is 0.0866. The maximum atomic E-state index is 12.1. The van der Waals surface area contributed by atoms with Gasteiger partial charge < -0.3 is 11.1 Å². The molecule has 4 heteroatoms. The van der Waals surface area contributed by atoms with Crippen molar-refractivity contribution in [2.45, 2.75) is 6.92 Å². The van der Waals surface area contributed by atoms with Crippen molar-refractivity contribution in [3.05, 3.63) is 51.7 Å². The summed E-state index contributed by atoms with van der Waals surface area (Å²) in [6.07, 6.45) is 0. The van der Waals surface area contributed by atoms with E-state index in [2.05, 4.69) is 17.2 Å². The van der Waals surface area contributed by atoms with Crippen LogP contribution in [0.1, 0.15) is 20.8 Å². The van der Waals surface area contributed by atoms with Crippen molar-refractivity contribution >= 4 is 22.9 Å². The summed E-state index contributed by atoms with van der Waals surface area (Å²) >= 11 is 1.44. The van der Waals surface area contributed by atoms with E-state index in [4.69, 9.17) is 5.73 Å². The van der Waals surface area contributed by atoms with Gasteiger partial charge in [0, 0.05) is 11.3 Å². The van der Waals surface area contributed by atoms with Crippen molar-refractivity contribution in [1.29, 1.82) is 0 Å². The van der Waals surface area contributed by atoms with Gasteiger partial charge in [0.15, 0.2) is 0 Å². The zero-order chi connectivity index (χ0) is 13.7. The normalized spacial score (nSPS) is 9.58. The molecule has 2 rings (SSSR count). The molecule has 0 fully saturated rings. The molecule has 0 saturated heterocycles. The van der Waals surface area contributed by atoms with Crippen LogP contribution in [-0.2, 0) is 0 Å². The van der Waals surface area contributed by atoms with E-state index in [1.165, 1.54) is 11.3 Å². The SMILES string of the molecule is Cc1ccsc1C(=O)Nc1cccc(C#CCN)c1. The Bertz CT molecular complexity index is 649. The number of nitrogens with two attached hydrogens (primary N) is 1. The molecule has 0 unspecified atom stereocenters. The summed E-state index contributed by atoms with van der Waals surface area (Å²) in [4.78, 5) is 12.8. The lowest BCUT2D eigenvalue weighted by Crippen LogP contribution is -2.11. The molecule has 1 aromatic heterocycles. The number of carbonyl (C=O) groups excluding carboxylic acids is 1. The predicted octanol–water partition coefficient (Wildman–Crippen LogP) is 2.62. The highest BCUT2D eigenvalue weighted by Gasteiger charge is 2.10. The molecule has 0 spiro atoms. The van der Waals surface area contributed by atoms with Crippen LogP contribution in [0.2, 0.25) is 0 Å². The van der Waals surface area contributed by atoms with Gasteiger partial charge in [0.25, 0.3) is 5.91 Å². The van der Waals surface area contributed by atoms with Crippen molar-refractivity contribution in [1.82, 2.24) is 0 Å². The standard InChI is InChI=1S/C15H14N2OS/c1-11-7-9-19-14(11)15(18)17-13-6-2-4-12(10-13)5-3-8-16/h2,4,6-7,9-10H,8,16H2,1H3,(H,17,18). The van der Waals surface area contributed by atoms with Crippen LogP contribution in [0.5, 0.6) is 0 Å². The van der Waals surface area contributed by atoms with E-state index in [1.807, 2.05) is 42.6 Å². The van der Waals surface area contributed by atoms with Crippen molar-refractivity contribution in [3.8, 4) is 11.8 Å². The number of rotatable bonds is 2. The van der Waals surface area contributed by atoms with E-state index in [1.54, 1.807) is 0 Å². The highest BCUT2D eigenvalue weighted by atomic mass is 32.1. The van der Waals surface area contributed by atoms with Crippen LogP contribution >= 0.6 is 11.3 Å². The zero-order valence-corrected chi connectivity index (χ0v) is 11.4. The van der Waals surface area contributed by atoms with Gasteiger partial charge in [-0.2, -0.15) is 0 Å². The van der Waals surface area contributed by atoms with Crippen LogP contribution in [0.15, 0.2) is 35.7 Å². The van der Waals surface area contributed by atoms with Gasteiger partial charge in [-0.3, -0.25) is 4.79 Å². The van der Waals surface area contributed by atoms with E-state index in [0.717, 1.165) is 21.7 Å². The van der Waals surface area contributed by atoms with Crippen LogP contribution in [0.3, 0.4) is 0 Å². The molecule has 3 N–H and O–H groups in total. The van der Waals surface area contributed by atoms with E-state index in [0.29, 0.717) is 6.54 Å². The average Bonchev–Trinajstić information content (AvgIpc) is 2.83. The number of amides is 1. The third-order valence-electron chi connectivity index (χ3n) is 2.52. The summed E-state index contributed by atoms with van der Waals surface area (Å²) in [5, 5.41) is 4.78. The fourth-order valence-electron chi connectivity index (χ4n) is 1.62. The maximum absolute atomic E-state index is 12.1. The molecule has 0 aliphatic heterocycles. The third kappa shape index (κ3) is 3.44. The van der Waals surface area contributed by atoms with Gasteiger partial charge >= 0.3 is 0 Å². The van der Waals surface area contributed by atoms with Crippen LogP contribution < -0.4 is 11.1 Å². The van der Waals surface area contributed by atoms with Gasteiger partial charge in [-0.1, -0.05) is 17.9 Å². The minimum atomic E-state index is -0.0866. The van der Waals surface area contributed by atoms with Crippen LogP contribution in [0.25, 0.3) is 0 Å². The molecule has 0 atom stereocenters. The van der Waals surface area contributed by atoms with E-state index >= 15 is 0 Å². The fourth-order valence-corrected chi connectivity index (χ4v) is 2.44. The first kappa shape index (κ1) is 13.3. The van der Waals surface area contributed by atoms with Gasteiger partial charge in [-0.15, -0.1) is 11.3 Å². The molecule has 0 aliphatic carbocycles. The predicted molar refractivity (Wildman–Crippen MR) is 79.4 cm³/mol. The van der Waals surface area contributed by atoms with Gasteiger partial charge in [0.05, 0.1) is 11.4 Å². The van der Waals surface area contributed by atoms with Crippen molar-refractivity contribution in [2.75, 3.05) is 11.9 Å². The molecule has 0 bridgehead atoms. The summed E-state index contributed by atoms with van der Waals surface area (Å²) in [5.41, 5.74) is 7.90. The van der Waals surface area contributed by atoms with Crippen molar-refractivity contribution in [2.24, 2.45) is 5.73 Å². The molecule has 2 aromatic rings. The van der Waals surface area contributed by atoms with Gasteiger partial charge in [-0.25, -0.2) is 0 Å². The number of hydrogen-bond donors (Lipinski definition) is 2. The quantitative estimate of drug-likeness (QED) is 0.824. The summed E-state index contributed by atoms with van der Waals surface area (Å²) in [7, 11) is 0. The Balaban J connectivity index is 2.15. The van der Waals surface area contributed by atoms with Crippen LogP contribution in [0, 0.1) is 18.8 Å². The lowest BCUT2D eigenvalue weighted by molar-refractivity contribution is 0.103. The number of benzene rings is 1. The summed E-state index contributed by atoms with van der Waals surface area (Å²) < 4.78 is 0. The third-order valence-corrected chi connectivity index (χ3v) is 3.54. The molecule has 96 valence electrons. The Kier molecular flexibility index (Phi) is 4.35. The Morgan fingerprint density at radius 1 is 1.42 bits per heavy atom. The van der Waals surface area contributed by atoms with Crippen LogP contribution in [0.4, 0.5) is 5.69 Å². The first-order chi connectivity index (χ1) is 9.20. The van der Waals surface area contributed by atoms with Gasteiger partial charge in [0.2, 0.25) is 0 Å². The molecule has 1 amide bonds. The number of hydrogen-bond acceptors (Lipinski definition) is 3. The fraction of sp³-hybridized carbons (Fsp3) is 0.133. The summed E-state index contributed by atoms with van der Waals surface area (Å²) in [6.45, 7) is 2.25. The molecule has 0 radical (unpaired) electrons. The maximum Gasteiger partial charge on any atom is 0.265 e. The second-order valence-electron chi connectivity index (χ2n) is 3.97. The topological polar surface area (TPSA) is 55.1 Å². The molecular weight excluding hydrogens is 256 g/mol. The van der Waals surface area contributed by atoms with Crippen molar-refractivity contribution < 1.29 is 4.79 Å². The first-order valence-corrected chi connectivity index (χ1v) is 6.73. The lowest BCUT2D eigenvalue weighted by atomic mass is 10.2. The number of anilines is 1. The Morgan fingerprint density at radius 2 is 2.26 bits per heavy atom. The average molecular weight is 270 g/mol. The van der Waals surface area contributed by atoms with Gasteiger partial charge in [-0.05, 0) is 42.1 Å². The lowest BCUT2D eigenvalue weighted by Gasteiger charge is -2.04. The van der Waals surface area contributed by atoms with E-state index in [-0.39, 0.29) is 5.91 Å². The Hall–Kier alpha value is -2.09. The summed E-state index contributed by atoms with van der Waals surface area (Å²) in [5.74, 6) is 5.64. The highest BCUT2D eigenvalue weighted by Crippen LogP contribution is 2.18. The molecule has 1 heterocycles. The largest absolute Gasteiger partial charge is 0.321 e. The highest BCUT2D eigenvalue weighted by molar-refractivity contribution is 7.12. The second-order valence-corrected chi connectivity index (χ2v) is 4.89. The summed E-state index contributed by atoms with van der Waals surface area (Å²) in [6, 6.07) is 9.35. The zero-order valence-electron chi connectivity index (χ0n) is 10.6. The number of aryl methyl sites for hydroxylation is 1. The minimum Gasteiger partial charge on any atom is -0.321 e. The molecule has 0 saturated carbocycles. The van der Waals surface area contributed by atoms with Crippen molar-refractivity contribution in [3.63, 3.8) is 0 Å². The molecule has 19 heavy (non-hydrogen) atoms. The molecule has 0 aliphatic rings. The first-order valence-electron chi connectivity index (χ1n) is 5.85. The van der Waals surface area contributed by atoms with Gasteiger partial charge in [0.1, 0.15) is 0 Å². The van der Waals surface area contributed by atoms with E-state index in [9.17, 15) is 4.79 Å². The van der Waals surface area contributed by atoms with Crippen LogP contribution in [-0.4, -0.2) is 12.5 Å². The molecule has 1 aromatic carbocycles. The number of thiophene rings is 1. The molecular formula is C15H14N2OS. The Labute approximate surface area is 116 Å². The number of nitrogens with one attached hydrogen (secondary N) is 1. The molecule has 3 nitrogen and oxygen atoms in total. The smallest absolute Gasteiger partial charge is 0.265 e.